The zero-order valence-electron chi connectivity index (χ0n) is 13.8. The third kappa shape index (κ3) is 4.26. The summed E-state index contributed by atoms with van der Waals surface area (Å²) < 4.78 is -0.780. The lowest BCUT2D eigenvalue weighted by Crippen LogP contribution is -2.50. The molecule has 130 valence electrons. The van der Waals surface area contributed by atoms with Crippen molar-refractivity contribution in [2.45, 2.75) is 43.3 Å². The Morgan fingerprint density at radius 3 is 2.26 bits per heavy atom. The minimum atomic E-state index is -0.780. The molecule has 3 aliphatic rings. The van der Waals surface area contributed by atoms with E-state index in [1.165, 1.54) is 50.3 Å². The molecule has 23 heavy (non-hydrogen) atoms. The number of aliphatic hydroxyl groups is 1. The first-order chi connectivity index (χ1) is 11.2. The molecule has 3 saturated heterocycles. The number of nitrogens with zero attached hydrogens (tertiary/aromatic N) is 3. The number of likely N-dealkylation sites (tertiary alicyclic amines) is 2. The summed E-state index contributed by atoms with van der Waals surface area (Å²) in [6.45, 7) is 5.35. The third-order valence-corrected chi connectivity index (χ3v) is 6.23. The van der Waals surface area contributed by atoms with Crippen LogP contribution in [0.5, 0.6) is 0 Å². The molecule has 1 amide bonds. The molecule has 7 heteroatoms. The highest BCUT2D eigenvalue weighted by atomic mass is 32.2. The lowest BCUT2D eigenvalue weighted by Gasteiger charge is -2.33. The van der Waals surface area contributed by atoms with Gasteiger partial charge in [0.1, 0.15) is 4.75 Å². The van der Waals surface area contributed by atoms with Gasteiger partial charge in [-0.25, -0.2) is 4.99 Å². The number of aliphatic imine (C=N–C) groups is 1. The molecule has 3 fully saturated rings. The van der Waals surface area contributed by atoms with E-state index in [1.54, 1.807) is 0 Å². The van der Waals surface area contributed by atoms with Crippen LogP contribution < -0.4 is 5.32 Å². The Hall–Kier alpha value is -0.630. The SMILES string of the molecule is O=C1N/C(=N/CN2CCCCC2)SC1(CO)CN1CCCCC1. The first kappa shape index (κ1) is 17.2. The monoisotopic (exact) mass is 340 g/mol. The maximum atomic E-state index is 12.4. The quantitative estimate of drug-likeness (QED) is 0.777. The van der Waals surface area contributed by atoms with Crippen molar-refractivity contribution in [2.24, 2.45) is 4.99 Å². The second-order valence-electron chi connectivity index (χ2n) is 6.83. The number of amides is 1. The molecule has 3 rings (SSSR count). The fraction of sp³-hybridized carbons (Fsp3) is 0.875. The van der Waals surface area contributed by atoms with Gasteiger partial charge in [-0.15, -0.1) is 0 Å². The van der Waals surface area contributed by atoms with Crippen molar-refractivity contribution in [1.29, 1.82) is 0 Å². The van der Waals surface area contributed by atoms with Crippen LogP contribution in [0, 0.1) is 0 Å². The first-order valence-electron chi connectivity index (χ1n) is 8.82. The molecule has 0 aromatic rings. The first-order valence-corrected chi connectivity index (χ1v) is 9.64. The van der Waals surface area contributed by atoms with Crippen LogP contribution in [0.2, 0.25) is 0 Å². The summed E-state index contributed by atoms with van der Waals surface area (Å²) in [7, 11) is 0. The van der Waals surface area contributed by atoms with Gasteiger partial charge in [-0.3, -0.25) is 9.69 Å². The van der Waals surface area contributed by atoms with Gasteiger partial charge in [0, 0.05) is 6.54 Å². The molecule has 0 aromatic carbocycles. The number of nitrogens with one attached hydrogen (secondary N) is 1. The van der Waals surface area contributed by atoms with Crippen LogP contribution in [0.1, 0.15) is 38.5 Å². The minimum absolute atomic E-state index is 0.0898. The third-order valence-electron chi connectivity index (χ3n) is 4.97. The van der Waals surface area contributed by atoms with Crippen molar-refractivity contribution in [3.8, 4) is 0 Å². The number of aliphatic hydroxyl groups excluding tert-OH is 1. The highest BCUT2D eigenvalue weighted by Gasteiger charge is 2.47. The van der Waals surface area contributed by atoms with E-state index in [0.717, 1.165) is 26.2 Å². The van der Waals surface area contributed by atoms with Crippen molar-refractivity contribution in [3.05, 3.63) is 0 Å². The Morgan fingerprint density at radius 2 is 1.65 bits per heavy atom. The van der Waals surface area contributed by atoms with Gasteiger partial charge in [0.2, 0.25) is 5.91 Å². The Balaban J connectivity index is 1.59. The zero-order valence-corrected chi connectivity index (χ0v) is 14.6. The van der Waals surface area contributed by atoms with Crippen molar-refractivity contribution < 1.29 is 9.90 Å². The van der Waals surface area contributed by atoms with Crippen molar-refractivity contribution >= 4 is 22.8 Å². The second-order valence-corrected chi connectivity index (χ2v) is 8.20. The van der Waals surface area contributed by atoms with Gasteiger partial charge in [-0.1, -0.05) is 24.6 Å². The van der Waals surface area contributed by atoms with E-state index >= 15 is 0 Å². The molecule has 0 saturated carbocycles. The van der Waals surface area contributed by atoms with Gasteiger partial charge >= 0.3 is 0 Å². The summed E-state index contributed by atoms with van der Waals surface area (Å²) >= 11 is 1.42. The molecule has 0 radical (unpaired) electrons. The van der Waals surface area contributed by atoms with Crippen LogP contribution in [-0.4, -0.2) is 76.7 Å². The standard InChI is InChI=1S/C16H28N4O2S/c21-12-16(11-19-7-3-1-4-8-19)14(22)18-15(23-16)17-13-20-9-5-2-6-10-20/h21H,1-13H2,(H,17,18,22). The number of amidine groups is 1. The molecule has 1 atom stereocenters. The molecule has 0 spiro atoms. The van der Waals surface area contributed by atoms with Gasteiger partial charge in [-0.05, 0) is 51.9 Å². The normalized spacial score (nSPS) is 32.4. The van der Waals surface area contributed by atoms with E-state index in [9.17, 15) is 9.90 Å². The Labute approximate surface area is 142 Å². The summed E-state index contributed by atoms with van der Waals surface area (Å²) in [5, 5.41) is 13.4. The summed E-state index contributed by atoms with van der Waals surface area (Å²) in [4.78, 5) is 21.7. The zero-order chi connectivity index (χ0) is 16.1. The molecule has 0 aromatic heterocycles. The predicted molar refractivity (Wildman–Crippen MR) is 93.6 cm³/mol. The van der Waals surface area contributed by atoms with E-state index in [0.29, 0.717) is 18.4 Å². The van der Waals surface area contributed by atoms with E-state index in [2.05, 4.69) is 20.1 Å². The van der Waals surface area contributed by atoms with Crippen molar-refractivity contribution in [2.75, 3.05) is 46.0 Å². The van der Waals surface area contributed by atoms with Gasteiger partial charge in [0.05, 0.1) is 13.3 Å². The number of piperidine rings is 2. The molecule has 3 heterocycles. The Kier molecular flexibility index (Phi) is 5.96. The summed E-state index contributed by atoms with van der Waals surface area (Å²) in [5.41, 5.74) is 0. The fourth-order valence-corrected chi connectivity index (χ4v) is 4.63. The summed E-state index contributed by atoms with van der Waals surface area (Å²) in [6, 6.07) is 0. The number of rotatable bonds is 5. The number of hydrogen-bond acceptors (Lipinski definition) is 6. The van der Waals surface area contributed by atoms with Crippen LogP contribution in [0.4, 0.5) is 0 Å². The topological polar surface area (TPSA) is 68.2 Å². The maximum Gasteiger partial charge on any atom is 0.246 e. The van der Waals surface area contributed by atoms with Gasteiger partial charge in [0.15, 0.2) is 5.17 Å². The molecular formula is C16H28N4O2S. The molecule has 0 bridgehead atoms. The number of thioether (sulfide) groups is 1. The lowest BCUT2D eigenvalue weighted by atomic mass is 10.1. The molecule has 2 N–H and O–H groups in total. The lowest BCUT2D eigenvalue weighted by molar-refractivity contribution is -0.123. The molecule has 0 aliphatic carbocycles. The predicted octanol–water partition coefficient (Wildman–Crippen LogP) is 0.866. The largest absolute Gasteiger partial charge is 0.394 e. The fourth-order valence-electron chi connectivity index (χ4n) is 3.54. The van der Waals surface area contributed by atoms with Gasteiger partial charge in [0.25, 0.3) is 0 Å². The maximum absolute atomic E-state index is 12.4. The minimum Gasteiger partial charge on any atom is -0.394 e. The number of carbonyl (C=O) groups excluding carboxylic acids is 1. The van der Waals surface area contributed by atoms with Crippen LogP contribution in [0.15, 0.2) is 4.99 Å². The number of hydrogen-bond donors (Lipinski definition) is 2. The molecule has 3 aliphatic heterocycles. The Morgan fingerprint density at radius 1 is 1.04 bits per heavy atom. The average molecular weight is 340 g/mol. The van der Waals surface area contributed by atoms with Crippen LogP contribution in [0.3, 0.4) is 0 Å². The van der Waals surface area contributed by atoms with E-state index < -0.39 is 4.75 Å². The molecular weight excluding hydrogens is 312 g/mol. The van der Waals surface area contributed by atoms with E-state index in [1.807, 2.05) is 0 Å². The summed E-state index contributed by atoms with van der Waals surface area (Å²) in [5.74, 6) is -0.0898. The van der Waals surface area contributed by atoms with Gasteiger partial charge < -0.3 is 15.3 Å². The van der Waals surface area contributed by atoms with E-state index in [-0.39, 0.29) is 12.5 Å². The smallest absolute Gasteiger partial charge is 0.246 e. The summed E-state index contributed by atoms with van der Waals surface area (Å²) in [6.07, 6.45) is 7.42. The van der Waals surface area contributed by atoms with E-state index in [4.69, 9.17) is 0 Å². The van der Waals surface area contributed by atoms with Crippen molar-refractivity contribution in [3.63, 3.8) is 0 Å². The van der Waals surface area contributed by atoms with Crippen LogP contribution in [-0.2, 0) is 4.79 Å². The van der Waals surface area contributed by atoms with Gasteiger partial charge in [-0.2, -0.15) is 0 Å². The molecule has 1 unspecified atom stereocenters. The van der Waals surface area contributed by atoms with Crippen molar-refractivity contribution in [1.82, 2.24) is 15.1 Å². The highest BCUT2D eigenvalue weighted by molar-refractivity contribution is 8.16. The average Bonchev–Trinajstić information content (AvgIpc) is 2.91. The number of carbonyl (C=O) groups is 1. The Bertz CT molecular complexity index is 447. The highest BCUT2D eigenvalue weighted by Crippen LogP contribution is 2.33. The molecule has 6 nitrogen and oxygen atoms in total. The van der Waals surface area contributed by atoms with Crippen LogP contribution >= 0.6 is 11.8 Å². The second kappa shape index (κ2) is 7.96. The van der Waals surface area contributed by atoms with Crippen LogP contribution in [0.25, 0.3) is 0 Å².